The van der Waals surface area contributed by atoms with Crippen LogP contribution in [-0.2, 0) is 19.4 Å². The van der Waals surface area contributed by atoms with E-state index in [1.54, 1.807) is 13.0 Å². The molecular formula is C17H18N2O4S3. The maximum Gasteiger partial charge on any atom is 0.266 e. The van der Waals surface area contributed by atoms with Crippen molar-refractivity contribution in [3.8, 4) is 0 Å². The van der Waals surface area contributed by atoms with Gasteiger partial charge in [0.15, 0.2) is 9.84 Å². The summed E-state index contributed by atoms with van der Waals surface area (Å²) in [5.41, 5.74) is 0.876. The fourth-order valence-electron chi connectivity index (χ4n) is 2.86. The number of thioether (sulfide) groups is 1. The van der Waals surface area contributed by atoms with Crippen LogP contribution in [0.15, 0.2) is 35.2 Å². The van der Waals surface area contributed by atoms with Crippen molar-refractivity contribution in [2.24, 2.45) is 0 Å². The largest absolute Gasteiger partial charge is 0.351 e. The Labute approximate surface area is 161 Å². The fraction of sp³-hybridized carbons (Fsp3) is 0.353. The molecule has 26 heavy (non-hydrogen) atoms. The third kappa shape index (κ3) is 4.16. The van der Waals surface area contributed by atoms with Crippen molar-refractivity contribution in [1.29, 1.82) is 0 Å². The van der Waals surface area contributed by atoms with Gasteiger partial charge in [-0.05, 0) is 25.0 Å². The van der Waals surface area contributed by atoms with Crippen LogP contribution in [-0.4, -0.2) is 53.0 Å². The van der Waals surface area contributed by atoms with Crippen molar-refractivity contribution in [2.45, 2.75) is 25.4 Å². The molecule has 2 amide bonds. The lowest BCUT2D eigenvalue weighted by Gasteiger charge is -2.23. The Balaban J connectivity index is 1.70. The molecule has 2 saturated heterocycles. The quantitative estimate of drug-likeness (QED) is 0.599. The van der Waals surface area contributed by atoms with E-state index in [4.69, 9.17) is 12.2 Å². The number of sulfone groups is 1. The number of carbonyl (C=O) groups excluding carboxylic acids is 2. The van der Waals surface area contributed by atoms with Crippen molar-refractivity contribution in [3.05, 3.63) is 40.8 Å². The molecular weight excluding hydrogens is 392 g/mol. The molecule has 2 aliphatic rings. The highest BCUT2D eigenvalue weighted by molar-refractivity contribution is 8.26. The summed E-state index contributed by atoms with van der Waals surface area (Å²) in [7, 11) is -3.09. The molecule has 0 bridgehead atoms. The molecule has 1 N–H and O–H groups in total. The predicted octanol–water partition coefficient (Wildman–Crippen LogP) is 1.58. The number of amides is 2. The summed E-state index contributed by atoms with van der Waals surface area (Å²) in [5.74, 6) is -0.694. The Morgan fingerprint density at radius 2 is 2.08 bits per heavy atom. The average molecular weight is 411 g/mol. The van der Waals surface area contributed by atoms with Crippen LogP contribution in [0.1, 0.15) is 18.9 Å². The lowest BCUT2D eigenvalue weighted by Crippen LogP contribution is -2.50. The van der Waals surface area contributed by atoms with Gasteiger partial charge in [0.05, 0.1) is 16.4 Å². The molecule has 0 saturated carbocycles. The number of rotatable bonds is 4. The molecule has 3 rings (SSSR count). The van der Waals surface area contributed by atoms with Crippen LogP contribution in [0.25, 0.3) is 6.08 Å². The molecule has 2 unspecified atom stereocenters. The van der Waals surface area contributed by atoms with Gasteiger partial charge in [-0.1, -0.05) is 54.3 Å². The van der Waals surface area contributed by atoms with E-state index in [9.17, 15) is 18.0 Å². The zero-order valence-corrected chi connectivity index (χ0v) is 16.5. The van der Waals surface area contributed by atoms with Crippen molar-refractivity contribution < 1.29 is 18.0 Å². The van der Waals surface area contributed by atoms with Crippen LogP contribution in [0.2, 0.25) is 0 Å². The Kier molecular flexibility index (Phi) is 5.50. The van der Waals surface area contributed by atoms with Crippen molar-refractivity contribution >= 4 is 56.0 Å². The van der Waals surface area contributed by atoms with Gasteiger partial charge in [-0.3, -0.25) is 14.5 Å². The van der Waals surface area contributed by atoms with Gasteiger partial charge in [0.25, 0.3) is 5.91 Å². The lowest BCUT2D eigenvalue weighted by molar-refractivity contribution is -0.132. The lowest BCUT2D eigenvalue weighted by atomic mass is 10.2. The smallest absolute Gasteiger partial charge is 0.266 e. The summed E-state index contributed by atoms with van der Waals surface area (Å²) in [6, 6.07) is 8.18. The zero-order chi connectivity index (χ0) is 18.9. The van der Waals surface area contributed by atoms with E-state index in [0.717, 1.165) is 17.3 Å². The summed E-state index contributed by atoms with van der Waals surface area (Å²) >= 11 is 6.43. The fourth-order valence-corrected chi connectivity index (χ4v) is 5.95. The number of thiocarbonyl (C=S) groups is 1. The van der Waals surface area contributed by atoms with E-state index in [2.05, 4.69) is 5.32 Å². The second-order valence-corrected chi connectivity index (χ2v) is 10.2. The average Bonchev–Trinajstić information content (AvgIpc) is 3.06. The summed E-state index contributed by atoms with van der Waals surface area (Å²) < 4.78 is 23.4. The number of nitrogens with zero attached hydrogens (tertiary/aromatic N) is 1. The number of hydrogen-bond acceptors (Lipinski definition) is 6. The second-order valence-electron chi connectivity index (χ2n) is 6.25. The van der Waals surface area contributed by atoms with Gasteiger partial charge in [0.1, 0.15) is 10.4 Å². The van der Waals surface area contributed by atoms with Crippen molar-refractivity contribution in [1.82, 2.24) is 10.2 Å². The third-order valence-corrected chi connectivity index (χ3v) is 7.36. The van der Waals surface area contributed by atoms with Gasteiger partial charge in [-0.15, -0.1) is 0 Å². The van der Waals surface area contributed by atoms with Crippen LogP contribution in [0.3, 0.4) is 0 Å². The number of hydrogen-bond donors (Lipinski definition) is 1. The molecule has 138 valence electrons. The molecule has 2 heterocycles. The molecule has 2 atom stereocenters. The van der Waals surface area contributed by atoms with E-state index in [-0.39, 0.29) is 17.4 Å². The van der Waals surface area contributed by atoms with Crippen LogP contribution in [0.4, 0.5) is 0 Å². The van der Waals surface area contributed by atoms with Crippen LogP contribution in [0.5, 0.6) is 0 Å². The molecule has 0 aliphatic carbocycles. The first-order valence-corrected chi connectivity index (χ1v) is 11.1. The van der Waals surface area contributed by atoms with Crippen LogP contribution in [0, 0.1) is 0 Å². The topological polar surface area (TPSA) is 83.6 Å². The molecule has 1 aromatic carbocycles. The van der Waals surface area contributed by atoms with Gasteiger partial charge in [0.2, 0.25) is 5.91 Å². The SMILES string of the molecule is CC(C(=O)NC1CCS(=O)(=O)C1)N1C(=O)C(=Cc2ccccc2)SC1=S. The second kappa shape index (κ2) is 7.50. The van der Waals surface area contributed by atoms with Gasteiger partial charge < -0.3 is 5.32 Å². The first-order chi connectivity index (χ1) is 12.3. The van der Waals surface area contributed by atoms with Gasteiger partial charge in [0, 0.05) is 6.04 Å². The minimum Gasteiger partial charge on any atom is -0.351 e. The number of nitrogens with one attached hydrogen (secondary N) is 1. The van der Waals surface area contributed by atoms with Crippen molar-refractivity contribution in [3.63, 3.8) is 0 Å². The van der Waals surface area contributed by atoms with Crippen molar-refractivity contribution in [2.75, 3.05) is 11.5 Å². The maximum absolute atomic E-state index is 12.7. The Morgan fingerprint density at radius 3 is 2.69 bits per heavy atom. The highest BCUT2D eigenvalue weighted by atomic mass is 32.2. The summed E-state index contributed by atoms with van der Waals surface area (Å²) in [5, 5.41) is 2.72. The minimum absolute atomic E-state index is 0.0578. The van der Waals surface area contributed by atoms with Gasteiger partial charge >= 0.3 is 0 Å². The molecule has 2 aliphatic heterocycles. The first kappa shape index (κ1) is 19.1. The minimum atomic E-state index is -3.09. The maximum atomic E-state index is 12.7. The Bertz CT molecular complexity index is 881. The zero-order valence-electron chi connectivity index (χ0n) is 14.0. The van der Waals surface area contributed by atoms with E-state index in [1.807, 2.05) is 30.3 Å². The molecule has 0 spiro atoms. The van der Waals surface area contributed by atoms with Crippen LogP contribution < -0.4 is 5.32 Å². The summed E-state index contributed by atoms with van der Waals surface area (Å²) in [6.45, 7) is 1.59. The number of benzene rings is 1. The molecule has 0 radical (unpaired) electrons. The normalized spacial score (nSPS) is 24.9. The third-order valence-electron chi connectivity index (χ3n) is 4.27. The predicted molar refractivity (Wildman–Crippen MR) is 106 cm³/mol. The summed E-state index contributed by atoms with van der Waals surface area (Å²) in [4.78, 5) is 26.9. The van der Waals surface area contributed by atoms with Crippen LogP contribution >= 0.6 is 24.0 Å². The Hall–Kier alpha value is -1.71. The molecule has 9 heteroatoms. The van der Waals surface area contributed by atoms with E-state index in [1.165, 1.54) is 4.90 Å². The standard InChI is InChI=1S/C17H18N2O4S3/c1-11(15(20)18-13-7-8-26(22,23)10-13)19-16(21)14(25-17(19)24)9-12-5-3-2-4-6-12/h2-6,9,11,13H,7-8,10H2,1H3,(H,18,20). The van der Waals surface area contributed by atoms with E-state index in [0.29, 0.717) is 15.6 Å². The molecule has 6 nitrogen and oxygen atoms in total. The van der Waals surface area contributed by atoms with Gasteiger partial charge in [-0.25, -0.2) is 8.42 Å². The highest BCUT2D eigenvalue weighted by Crippen LogP contribution is 2.34. The Morgan fingerprint density at radius 1 is 1.38 bits per heavy atom. The molecule has 2 fully saturated rings. The number of carbonyl (C=O) groups is 2. The monoisotopic (exact) mass is 410 g/mol. The van der Waals surface area contributed by atoms with E-state index < -0.39 is 27.8 Å². The first-order valence-electron chi connectivity index (χ1n) is 8.10. The summed E-state index contributed by atoms with van der Waals surface area (Å²) in [6.07, 6.45) is 2.14. The molecule has 1 aromatic rings. The molecule has 0 aromatic heterocycles. The van der Waals surface area contributed by atoms with E-state index >= 15 is 0 Å². The highest BCUT2D eigenvalue weighted by Gasteiger charge is 2.39. The van der Waals surface area contributed by atoms with Gasteiger partial charge in [-0.2, -0.15) is 0 Å².